The molecule has 1 saturated heterocycles. The Morgan fingerprint density at radius 2 is 1.62 bits per heavy atom. The van der Waals surface area contributed by atoms with Gasteiger partial charge in [0, 0.05) is 29.2 Å². The molecule has 7 nitrogen and oxygen atoms in total. The summed E-state index contributed by atoms with van der Waals surface area (Å²) in [4.78, 5) is 15.7. The molecule has 3 aromatic carbocycles. The smallest absolute Gasteiger partial charge is 0.258 e. The van der Waals surface area contributed by atoms with E-state index in [0.717, 1.165) is 30.9 Å². The van der Waals surface area contributed by atoms with Gasteiger partial charge in [0.05, 0.1) is 16.5 Å². The first kappa shape index (κ1) is 23.8. The summed E-state index contributed by atoms with van der Waals surface area (Å²) in [5.41, 5.74) is 5.94. The Kier molecular flexibility index (Phi) is 6.22. The summed E-state index contributed by atoms with van der Waals surface area (Å²) in [5, 5.41) is 6.10. The first-order valence-corrected chi connectivity index (χ1v) is 14.4. The van der Waals surface area contributed by atoms with Gasteiger partial charge in [0.2, 0.25) is 10.0 Å². The van der Waals surface area contributed by atoms with Gasteiger partial charge in [-0.25, -0.2) is 8.42 Å². The average molecular weight is 515 g/mol. The van der Waals surface area contributed by atoms with E-state index in [1.54, 1.807) is 18.2 Å². The van der Waals surface area contributed by atoms with Crippen molar-refractivity contribution in [3.8, 4) is 0 Å². The number of benzene rings is 3. The molecule has 0 spiro atoms. The van der Waals surface area contributed by atoms with Crippen LogP contribution in [0.2, 0.25) is 0 Å². The Labute approximate surface area is 217 Å². The topological polar surface area (TPSA) is 90.5 Å². The zero-order chi connectivity index (χ0) is 25.4. The minimum atomic E-state index is -3.41. The summed E-state index contributed by atoms with van der Waals surface area (Å²) in [6.07, 6.45) is 3.90. The minimum absolute atomic E-state index is 0.228. The third kappa shape index (κ3) is 5.12. The van der Waals surface area contributed by atoms with Gasteiger partial charge in [0.1, 0.15) is 0 Å². The molecule has 6 rings (SSSR count). The van der Waals surface area contributed by atoms with Gasteiger partial charge >= 0.3 is 0 Å². The van der Waals surface area contributed by atoms with Crippen molar-refractivity contribution in [1.82, 2.24) is 4.90 Å². The average Bonchev–Trinajstić information content (AvgIpc) is 3.56. The van der Waals surface area contributed by atoms with Crippen LogP contribution in [0, 0.1) is 0 Å². The number of likely N-dealkylation sites (tertiary alicyclic amines) is 1. The Balaban J connectivity index is 1.35. The molecule has 37 heavy (non-hydrogen) atoms. The fourth-order valence-corrected chi connectivity index (χ4v) is 6.40. The molecule has 3 aromatic rings. The fourth-order valence-electron chi connectivity index (χ4n) is 5.03. The molecule has 0 bridgehead atoms. The van der Waals surface area contributed by atoms with Gasteiger partial charge in [-0.3, -0.25) is 14.4 Å². The van der Waals surface area contributed by atoms with Crippen LogP contribution >= 0.6 is 0 Å². The summed E-state index contributed by atoms with van der Waals surface area (Å²) in [6.45, 7) is 3.25. The second-order valence-electron chi connectivity index (χ2n) is 9.98. The lowest BCUT2D eigenvalue weighted by Crippen LogP contribution is -2.18. The molecule has 1 saturated carbocycles. The zero-order valence-corrected chi connectivity index (χ0v) is 21.4. The van der Waals surface area contributed by atoms with Gasteiger partial charge < -0.3 is 10.6 Å². The van der Waals surface area contributed by atoms with E-state index in [1.165, 1.54) is 18.4 Å². The van der Waals surface area contributed by atoms with Crippen molar-refractivity contribution >= 4 is 44.3 Å². The van der Waals surface area contributed by atoms with Crippen LogP contribution in [0.4, 0.5) is 17.1 Å². The van der Waals surface area contributed by atoms with E-state index < -0.39 is 10.0 Å². The Morgan fingerprint density at radius 1 is 0.919 bits per heavy atom. The Bertz CT molecular complexity index is 1460. The number of carbonyl (C=O) groups excluding carboxylic acids is 1. The van der Waals surface area contributed by atoms with Crippen molar-refractivity contribution in [2.24, 2.45) is 0 Å². The molecule has 0 aromatic heterocycles. The number of rotatable bonds is 8. The van der Waals surface area contributed by atoms with Crippen molar-refractivity contribution < 1.29 is 13.2 Å². The van der Waals surface area contributed by atoms with Gasteiger partial charge in [-0.15, -0.1) is 0 Å². The number of anilines is 3. The van der Waals surface area contributed by atoms with Crippen LogP contribution in [0.15, 0.2) is 72.8 Å². The van der Waals surface area contributed by atoms with Gasteiger partial charge in [0.25, 0.3) is 5.91 Å². The van der Waals surface area contributed by atoms with Crippen molar-refractivity contribution in [1.29, 1.82) is 0 Å². The number of nitrogens with one attached hydrogen (secondary N) is 3. The summed E-state index contributed by atoms with van der Waals surface area (Å²) in [7, 11) is -3.41. The highest BCUT2D eigenvalue weighted by atomic mass is 32.2. The summed E-state index contributed by atoms with van der Waals surface area (Å²) < 4.78 is 27.7. The third-order valence-electron chi connectivity index (χ3n) is 7.13. The fraction of sp³-hybridized carbons (Fsp3) is 0.276. The molecule has 2 heterocycles. The van der Waals surface area contributed by atoms with Gasteiger partial charge in [-0.05, 0) is 80.2 Å². The van der Waals surface area contributed by atoms with Gasteiger partial charge in [-0.1, -0.05) is 42.5 Å². The largest absolute Gasteiger partial charge is 0.354 e. The van der Waals surface area contributed by atoms with Crippen LogP contribution in [0.1, 0.15) is 42.4 Å². The maximum Gasteiger partial charge on any atom is 0.258 e. The zero-order valence-electron chi connectivity index (χ0n) is 20.5. The summed E-state index contributed by atoms with van der Waals surface area (Å²) >= 11 is 0. The van der Waals surface area contributed by atoms with E-state index in [0.29, 0.717) is 41.1 Å². The molecular weight excluding hydrogens is 484 g/mol. The van der Waals surface area contributed by atoms with E-state index in [4.69, 9.17) is 0 Å². The minimum Gasteiger partial charge on any atom is -0.354 e. The van der Waals surface area contributed by atoms with Crippen molar-refractivity contribution in [3.05, 3.63) is 89.5 Å². The predicted octanol–water partition coefficient (Wildman–Crippen LogP) is 5.12. The van der Waals surface area contributed by atoms with Crippen molar-refractivity contribution in [2.75, 3.05) is 28.4 Å². The molecule has 3 aliphatic rings. The molecule has 2 fully saturated rings. The molecular formula is C29H30N4O3S. The lowest BCUT2D eigenvalue weighted by molar-refractivity contribution is -0.110. The molecule has 2 aliphatic heterocycles. The number of hydrogen-bond donors (Lipinski definition) is 3. The second kappa shape index (κ2) is 9.68. The van der Waals surface area contributed by atoms with E-state index in [-0.39, 0.29) is 11.2 Å². The first-order chi connectivity index (χ1) is 18.0. The Morgan fingerprint density at radius 3 is 2.32 bits per heavy atom. The van der Waals surface area contributed by atoms with Crippen LogP contribution in [-0.2, 0) is 21.4 Å². The number of fused-ring (bicyclic) bond motifs is 1. The number of sulfonamides is 1. The highest BCUT2D eigenvalue weighted by Crippen LogP contribution is 2.39. The quantitative estimate of drug-likeness (QED) is 0.363. The summed E-state index contributed by atoms with van der Waals surface area (Å²) in [6, 6.07) is 23.3. The standard InChI is InChI=1S/C29H30N4O3S/c34-29-27(25-18-23(12-15-26(25)31-29)32-37(35,36)24-13-14-24)28(21-6-2-1-3-7-21)30-22-10-8-20(9-11-22)19-33-16-4-5-17-33/h1-3,6-12,15,18,24,30,32H,4-5,13-14,16-17,19H2,(H,31,34). The SMILES string of the molecule is O=C1Nc2ccc(NS(=O)(=O)C3CC3)cc2C1=C(Nc1ccc(CN2CCCC2)cc1)c1ccccc1. The van der Waals surface area contributed by atoms with Gasteiger partial charge in [0.15, 0.2) is 0 Å². The van der Waals surface area contributed by atoms with Crippen LogP contribution in [0.5, 0.6) is 0 Å². The van der Waals surface area contributed by atoms with Crippen molar-refractivity contribution in [2.45, 2.75) is 37.5 Å². The van der Waals surface area contributed by atoms with E-state index >= 15 is 0 Å². The summed E-state index contributed by atoms with van der Waals surface area (Å²) in [5.74, 6) is -0.228. The number of hydrogen-bond acceptors (Lipinski definition) is 5. The van der Waals surface area contributed by atoms with Crippen LogP contribution in [-0.4, -0.2) is 37.6 Å². The van der Waals surface area contributed by atoms with Crippen LogP contribution in [0.3, 0.4) is 0 Å². The predicted molar refractivity (Wildman–Crippen MR) is 148 cm³/mol. The number of nitrogens with zero attached hydrogens (tertiary/aromatic N) is 1. The molecule has 0 radical (unpaired) electrons. The molecule has 190 valence electrons. The molecule has 0 unspecified atom stereocenters. The first-order valence-electron chi connectivity index (χ1n) is 12.8. The third-order valence-corrected chi connectivity index (χ3v) is 9.00. The number of amides is 1. The van der Waals surface area contributed by atoms with Crippen LogP contribution in [0.25, 0.3) is 11.3 Å². The van der Waals surface area contributed by atoms with Crippen molar-refractivity contribution in [3.63, 3.8) is 0 Å². The van der Waals surface area contributed by atoms with Gasteiger partial charge in [-0.2, -0.15) is 0 Å². The molecule has 0 atom stereocenters. The lowest BCUT2D eigenvalue weighted by Gasteiger charge is -2.17. The second-order valence-corrected chi connectivity index (χ2v) is 11.9. The maximum atomic E-state index is 13.2. The van der Waals surface area contributed by atoms with E-state index in [1.807, 2.05) is 42.5 Å². The molecule has 3 N–H and O–H groups in total. The molecule has 1 amide bonds. The highest BCUT2D eigenvalue weighted by molar-refractivity contribution is 7.93. The molecule has 1 aliphatic carbocycles. The monoisotopic (exact) mass is 514 g/mol. The van der Waals surface area contributed by atoms with E-state index in [9.17, 15) is 13.2 Å². The maximum absolute atomic E-state index is 13.2. The normalized spacial score (nSPS) is 18.9. The molecule has 8 heteroatoms. The van der Waals surface area contributed by atoms with E-state index in [2.05, 4.69) is 32.4 Å². The lowest BCUT2D eigenvalue weighted by atomic mass is 9.99. The number of carbonyl (C=O) groups is 1. The van der Waals surface area contributed by atoms with Crippen LogP contribution < -0.4 is 15.4 Å². The Hall–Kier alpha value is -3.62. The highest BCUT2D eigenvalue weighted by Gasteiger charge is 2.36.